The molecule has 0 N–H and O–H groups in total. The van der Waals surface area contributed by atoms with E-state index in [9.17, 15) is 0 Å². The van der Waals surface area contributed by atoms with Crippen molar-refractivity contribution >= 4 is 23.3 Å². The zero-order valence-electron chi connectivity index (χ0n) is 16.8. The van der Waals surface area contributed by atoms with Crippen LogP contribution < -0.4 is 4.74 Å². The third-order valence-electron chi connectivity index (χ3n) is 4.38. The van der Waals surface area contributed by atoms with Gasteiger partial charge in [-0.3, -0.25) is 0 Å². The molecule has 0 heterocycles. The number of ether oxygens (including phenoxy) is 1. The molecule has 0 aliphatic rings. The summed E-state index contributed by atoms with van der Waals surface area (Å²) in [5, 5.41) is 2.01. The summed E-state index contributed by atoms with van der Waals surface area (Å²) in [6, 6.07) is 22.6. The van der Waals surface area contributed by atoms with Gasteiger partial charge in [-0.25, -0.2) is 4.99 Å². The molecular weight excluding hydrogens is 362 g/mol. The summed E-state index contributed by atoms with van der Waals surface area (Å²) in [4.78, 5) is 5.91. The average molecular weight is 388 g/mol. The van der Waals surface area contributed by atoms with Crippen LogP contribution in [0.1, 0.15) is 22.3 Å². The van der Waals surface area contributed by atoms with Gasteiger partial charge >= 0.3 is 0 Å². The molecule has 2 nitrogen and oxygen atoms in total. The number of nitrogens with zero attached hydrogens (tertiary/aromatic N) is 1. The van der Waals surface area contributed by atoms with Gasteiger partial charge in [0.15, 0.2) is 0 Å². The number of hydrogen-bond donors (Lipinski definition) is 0. The quantitative estimate of drug-likeness (QED) is 0.259. The van der Waals surface area contributed by atoms with Crippen molar-refractivity contribution in [2.75, 3.05) is 0 Å². The molecule has 0 saturated heterocycles. The Balaban J connectivity index is 1.84. The van der Waals surface area contributed by atoms with Gasteiger partial charge in [0, 0.05) is 11.0 Å². The van der Waals surface area contributed by atoms with Gasteiger partial charge in [0.2, 0.25) is 5.90 Å². The van der Waals surface area contributed by atoms with Gasteiger partial charge in [-0.2, -0.15) is 0 Å². The standard InChI is InChI=1S/C25H25NOS/c1-18-8-12-24(13-9-18)28-15-14-25(27-23-7-5-6-19(2)16-23)26-22-11-10-20(3)21(4)17-22/h5-17H,1-4H3. The van der Waals surface area contributed by atoms with Crippen LogP contribution in [0.5, 0.6) is 5.75 Å². The Morgan fingerprint density at radius 1 is 0.821 bits per heavy atom. The summed E-state index contributed by atoms with van der Waals surface area (Å²) in [5.41, 5.74) is 5.77. The van der Waals surface area contributed by atoms with Crippen LogP contribution in [0.2, 0.25) is 0 Å². The summed E-state index contributed by atoms with van der Waals surface area (Å²) >= 11 is 1.65. The van der Waals surface area contributed by atoms with Crippen molar-refractivity contribution < 1.29 is 4.74 Å². The normalized spacial score (nSPS) is 11.8. The molecule has 3 aromatic rings. The predicted octanol–water partition coefficient (Wildman–Crippen LogP) is 7.34. The third-order valence-corrected chi connectivity index (χ3v) is 5.19. The van der Waals surface area contributed by atoms with Crippen LogP contribution in [0.15, 0.2) is 88.1 Å². The Bertz CT molecular complexity index is 1000. The Hall–Kier alpha value is -2.78. The highest BCUT2D eigenvalue weighted by Gasteiger charge is 2.02. The molecule has 0 saturated carbocycles. The first-order chi connectivity index (χ1) is 13.5. The molecule has 0 aromatic heterocycles. The van der Waals surface area contributed by atoms with Gasteiger partial charge in [-0.1, -0.05) is 47.7 Å². The monoisotopic (exact) mass is 387 g/mol. The lowest BCUT2D eigenvalue weighted by Gasteiger charge is -2.08. The summed E-state index contributed by atoms with van der Waals surface area (Å²) in [6.07, 6.45) is 1.92. The smallest absolute Gasteiger partial charge is 0.220 e. The highest BCUT2D eigenvalue weighted by atomic mass is 32.2. The van der Waals surface area contributed by atoms with Gasteiger partial charge in [0.25, 0.3) is 0 Å². The first-order valence-electron chi connectivity index (χ1n) is 9.30. The largest absolute Gasteiger partial charge is 0.439 e. The van der Waals surface area contributed by atoms with Crippen molar-refractivity contribution in [3.05, 3.63) is 100 Å². The Morgan fingerprint density at radius 3 is 2.32 bits per heavy atom. The van der Waals surface area contributed by atoms with E-state index < -0.39 is 0 Å². The Labute approximate surface area is 172 Å². The number of aryl methyl sites for hydroxylation is 4. The van der Waals surface area contributed by atoms with Crippen molar-refractivity contribution in [3.63, 3.8) is 0 Å². The van der Waals surface area contributed by atoms with Gasteiger partial charge in [0.05, 0.1) is 5.69 Å². The lowest BCUT2D eigenvalue weighted by molar-refractivity contribution is 0.555. The lowest BCUT2D eigenvalue weighted by Crippen LogP contribution is -2.04. The molecule has 3 aromatic carbocycles. The molecule has 142 valence electrons. The molecule has 0 aliphatic carbocycles. The van der Waals surface area contributed by atoms with Crippen LogP contribution in [0.3, 0.4) is 0 Å². The number of rotatable bonds is 5. The summed E-state index contributed by atoms with van der Waals surface area (Å²) in [6.45, 7) is 8.34. The molecule has 0 spiro atoms. The zero-order chi connectivity index (χ0) is 19.9. The van der Waals surface area contributed by atoms with E-state index in [1.165, 1.54) is 21.6 Å². The summed E-state index contributed by atoms with van der Waals surface area (Å²) in [5.74, 6) is 1.35. The van der Waals surface area contributed by atoms with Gasteiger partial charge in [-0.05, 0) is 86.2 Å². The SMILES string of the molecule is Cc1ccc(SC=CC(=Nc2ccc(C)c(C)c2)Oc2cccc(C)c2)cc1. The molecule has 0 atom stereocenters. The molecule has 0 unspecified atom stereocenters. The van der Waals surface area contributed by atoms with Crippen molar-refractivity contribution in [3.8, 4) is 5.75 Å². The van der Waals surface area contributed by atoms with Crippen LogP contribution >= 0.6 is 11.8 Å². The minimum atomic E-state index is 0.563. The molecule has 3 rings (SSSR count). The first kappa shape index (κ1) is 20.0. The average Bonchev–Trinajstić information content (AvgIpc) is 2.66. The zero-order valence-corrected chi connectivity index (χ0v) is 17.6. The second-order valence-electron chi connectivity index (χ2n) is 6.87. The fourth-order valence-corrected chi connectivity index (χ4v) is 3.24. The molecule has 0 fully saturated rings. The minimum Gasteiger partial charge on any atom is -0.439 e. The molecule has 28 heavy (non-hydrogen) atoms. The number of aliphatic imine (C=N–C) groups is 1. The van der Waals surface area contributed by atoms with E-state index in [0.29, 0.717) is 5.90 Å². The second kappa shape index (κ2) is 9.43. The topological polar surface area (TPSA) is 21.6 Å². The van der Waals surface area contributed by atoms with E-state index in [0.717, 1.165) is 17.0 Å². The fourth-order valence-electron chi connectivity index (χ4n) is 2.60. The van der Waals surface area contributed by atoms with Gasteiger partial charge < -0.3 is 4.74 Å². The second-order valence-corrected chi connectivity index (χ2v) is 7.85. The van der Waals surface area contributed by atoms with Crippen molar-refractivity contribution in [1.82, 2.24) is 0 Å². The maximum Gasteiger partial charge on any atom is 0.220 e. The highest BCUT2D eigenvalue weighted by Crippen LogP contribution is 2.22. The summed E-state index contributed by atoms with van der Waals surface area (Å²) in [7, 11) is 0. The number of hydrogen-bond acceptors (Lipinski definition) is 3. The van der Waals surface area contributed by atoms with Crippen molar-refractivity contribution in [2.45, 2.75) is 32.6 Å². The maximum absolute atomic E-state index is 6.08. The van der Waals surface area contributed by atoms with Gasteiger partial charge in [-0.15, -0.1) is 0 Å². The van der Waals surface area contributed by atoms with Gasteiger partial charge in [0.1, 0.15) is 5.75 Å². The molecule has 0 aliphatic heterocycles. The first-order valence-corrected chi connectivity index (χ1v) is 10.2. The van der Waals surface area contributed by atoms with E-state index in [-0.39, 0.29) is 0 Å². The predicted molar refractivity (Wildman–Crippen MR) is 121 cm³/mol. The maximum atomic E-state index is 6.08. The number of benzene rings is 3. The lowest BCUT2D eigenvalue weighted by atomic mass is 10.1. The summed E-state index contributed by atoms with van der Waals surface area (Å²) < 4.78 is 6.08. The van der Waals surface area contributed by atoms with Crippen LogP contribution in [-0.4, -0.2) is 5.90 Å². The minimum absolute atomic E-state index is 0.563. The van der Waals surface area contributed by atoms with E-state index in [1.807, 2.05) is 35.7 Å². The molecule has 0 radical (unpaired) electrons. The van der Waals surface area contributed by atoms with Crippen LogP contribution in [0.4, 0.5) is 5.69 Å². The molecule has 0 bridgehead atoms. The van der Waals surface area contributed by atoms with E-state index in [2.05, 4.69) is 70.2 Å². The third kappa shape index (κ3) is 5.86. The van der Waals surface area contributed by atoms with Crippen molar-refractivity contribution in [2.24, 2.45) is 4.99 Å². The number of thioether (sulfide) groups is 1. The Morgan fingerprint density at radius 2 is 1.61 bits per heavy atom. The molecular formula is C25H25NOS. The van der Waals surface area contributed by atoms with E-state index in [4.69, 9.17) is 9.73 Å². The molecule has 3 heteroatoms. The van der Waals surface area contributed by atoms with E-state index in [1.54, 1.807) is 11.8 Å². The van der Waals surface area contributed by atoms with Crippen molar-refractivity contribution in [1.29, 1.82) is 0 Å². The van der Waals surface area contributed by atoms with Crippen LogP contribution in [0.25, 0.3) is 0 Å². The highest BCUT2D eigenvalue weighted by molar-refractivity contribution is 8.02. The van der Waals surface area contributed by atoms with E-state index >= 15 is 0 Å². The molecule has 0 amide bonds. The van der Waals surface area contributed by atoms with Crippen LogP contribution in [-0.2, 0) is 0 Å². The van der Waals surface area contributed by atoms with Crippen LogP contribution in [0, 0.1) is 27.7 Å². The fraction of sp³-hybridized carbons (Fsp3) is 0.160. The Kier molecular flexibility index (Phi) is 6.72.